The van der Waals surface area contributed by atoms with Crippen molar-refractivity contribution in [3.63, 3.8) is 0 Å². The number of nitrogens with zero attached hydrogens (tertiary/aromatic N) is 2. The van der Waals surface area contributed by atoms with Crippen LogP contribution in [0.3, 0.4) is 0 Å². The zero-order chi connectivity index (χ0) is 16.0. The Morgan fingerprint density at radius 1 is 1.43 bits per heavy atom. The second-order valence-corrected chi connectivity index (χ2v) is 6.38. The van der Waals surface area contributed by atoms with Crippen molar-refractivity contribution in [2.24, 2.45) is 0 Å². The number of methoxy groups -OCH3 is 1. The van der Waals surface area contributed by atoms with Crippen molar-refractivity contribution in [1.82, 2.24) is 15.1 Å². The molecule has 1 aliphatic rings. The Hall–Kier alpha value is -0.650. The molecular weight excluding hydrogens is 266 g/mol. The fraction of sp³-hybridized carbons (Fsp3) is 0.938. The molecule has 0 bridgehead atoms. The van der Waals surface area contributed by atoms with E-state index in [9.17, 15) is 4.79 Å². The van der Waals surface area contributed by atoms with Crippen LogP contribution in [0.25, 0.3) is 0 Å². The van der Waals surface area contributed by atoms with Crippen LogP contribution in [0.5, 0.6) is 0 Å². The Kier molecular flexibility index (Phi) is 7.10. The SMILES string of the molecule is CCNC(C)(CC(C)N1CCN(CC)C(C)C1)C(=O)OC. The smallest absolute Gasteiger partial charge is 0.325 e. The van der Waals surface area contributed by atoms with Gasteiger partial charge in [0, 0.05) is 31.7 Å². The van der Waals surface area contributed by atoms with Crippen LogP contribution in [0.4, 0.5) is 0 Å². The Morgan fingerprint density at radius 3 is 2.57 bits per heavy atom. The average molecular weight is 299 g/mol. The topological polar surface area (TPSA) is 44.8 Å². The molecule has 1 aliphatic heterocycles. The van der Waals surface area contributed by atoms with Gasteiger partial charge in [-0.05, 0) is 40.3 Å². The fourth-order valence-electron chi connectivity index (χ4n) is 3.46. The molecule has 124 valence electrons. The van der Waals surface area contributed by atoms with Crippen molar-refractivity contribution in [3.05, 3.63) is 0 Å². The Morgan fingerprint density at radius 2 is 2.10 bits per heavy atom. The second-order valence-electron chi connectivity index (χ2n) is 6.38. The number of piperazine rings is 1. The standard InChI is InChI=1S/C16H33N3O2/c1-7-17-16(5,15(20)21-6)11-13(3)19-10-9-18(8-2)14(4)12-19/h13-14,17H,7-12H2,1-6H3. The molecule has 3 atom stereocenters. The van der Waals surface area contributed by atoms with E-state index in [1.165, 1.54) is 7.11 Å². The highest BCUT2D eigenvalue weighted by Crippen LogP contribution is 2.21. The normalized spacial score (nSPS) is 25.3. The summed E-state index contributed by atoms with van der Waals surface area (Å²) < 4.78 is 4.98. The van der Waals surface area contributed by atoms with E-state index in [2.05, 4.69) is 35.9 Å². The predicted molar refractivity (Wildman–Crippen MR) is 86.5 cm³/mol. The van der Waals surface area contributed by atoms with E-state index >= 15 is 0 Å². The van der Waals surface area contributed by atoms with E-state index in [-0.39, 0.29) is 5.97 Å². The Labute approximate surface area is 130 Å². The lowest BCUT2D eigenvalue weighted by Crippen LogP contribution is -2.58. The molecule has 0 spiro atoms. The van der Waals surface area contributed by atoms with Gasteiger partial charge in [0.2, 0.25) is 0 Å². The van der Waals surface area contributed by atoms with Gasteiger partial charge in [0.15, 0.2) is 0 Å². The fourth-order valence-corrected chi connectivity index (χ4v) is 3.46. The zero-order valence-electron chi connectivity index (χ0n) is 14.6. The van der Waals surface area contributed by atoms with Crippen LogP contribution >= 0.6 is 0 Å². The molecule has 0 aromatic heterocycles. The molecule has 0 radical (unpaired) electrons. The Bertz CT molecular complexity index is 337. The first kappa shape index (κ1) is 18.4. The van der Waals surface area contributed by atoms with Crippen LogP contribution < -0.4 is 5.32 Å². The van der Waals surface area contributed by atoms with Crippen molar-refractivity contribution in [3.8, 4) is 0 Å². The molecule has 1 saturated heterocycles. The highest BCUT2D eigenvalue weighted by Gasteiger charge is 2.37. The lowest BCUT2D eigenvalue weighted by atomic mass is 9.92. The first-order valence-electron chi connectivity index (χ1n) is 8.19. The van der Waals surface area contributed by atoms with Crippen molar-refractivity contribution >= 4 is 5.97 Å². The average Bonchev–Trinajstić information content (AvgIpc) is 2.46. The van der Waals surface area contributed by atoms with Crippen molar-refractivity contribution < 1.29 is 9.53 Å². The highest BCUT2D eigenvalue weighted by molar-refractivity contribution is 5.80. The summed E-state index contributed by atoms with van der Waals surface area (Å²) in [6, 6.07) is 0.935. The summed E-state index contributed by atoms with van der Waals surface area (Å²) >= 11 is 0. The molecule has 1 fully saturated rings. The van der Waals surface area contributed by atoms with Gasteiger partial charge in [-0.2, -0.15) is 0 Å². The number of carbonyl (C=O) groups excluding carboxylic acids is 1. The maximum Gasteiger partial charge on any atom is 0.325 e. The number of hydrogen-bond donors (Lipinski definition) is 1. The molecule has 0 amide bonds. The summed E-state index contributed by atoms with van der Waals surface area (Å²) in [6.45, 7) is 15.8. The van der Waals surface area contributed by atoms with Crippen LogP contribution in [0.2, 0.25) is 0 Å². The minimum absolute atomic E-state index is 0.170. The summed E-state index contributed by atoms with van der Waals surface area (Å²) in [4.78, 5) is 17.1. The van der Waals surface area contributed by atoms with Gasteiger partial charge in [0.25, 0.3) is 0 Å². The molecule has 1 N–H and O–H groups in total. The lowest BCUT2D eigenvalue weighted by Gasteiger charge is -2.43. The van der Waals surface area contributed by atoms with Gasteiger partial charge < -0.3 is 10.1 Å². The van der Waals surface area contributed by atoms with Gasteiger partial charge in [-0.3, -0.25) is 14.6 Å². The van der Waals surface area contributed by atoms with Crippen LogP contribution in [0, 0.1) is 0 Å². The van der Waals surface area contributed by atoms with Crippen molar-refractivity contribution in [2.45, 2.75) is 58.7 Å². The van der Waals surface area contributed by atoms with E-state index in [0.29, 0.717) is 12.1 Å². The second kappa shape index (κ2) is 8.11. The maximum absolute atomic E-state index is 12.1. The third-order valence-corrected chi connectivity index (χ3v) is 4.73. The zero-order valence-corrected chi connectivity index (χ0v) is 14.6. The molecule has 0 aliphatic carbocycles. The summed E-state index contributed by atoms with van der Waals surface area (Å²) in [5.41, 5.74) is -0.603. The van der Waals surface area contributed by atoms with Crippen LogP contribution in [-0.4, -0.2) is 73.2 Å². The highest BCUT2D eigenvalue weighted by atomic mass is 16.5. The van der Waals surface area contributed by atoms with Crippen molar-refractivity contribution in [2.75, 3.05) is 39.8 Å². The first-order chi connectivity index (χ1) is 9.87. The van der Waals surface area contributed by atoms with Crippen LogP contribution in [0.1, 0.15) is 41.0 Å². The van der Waals surface area contributed by atoms with Gasteiger partial charge >= 0.3 is 5.97 Å². The number of rotatable bonds is 7. The molecule has 5 nitrogen and oxygen atoms in total. The number of esters is 1. The molecule has 21 heavy (non-hydrogen) atoms. The first-order valence-corrected chi connectivity index (χ1v) is 8.19. The van der Waals surface area contributed by atoms with Gasteiger partial charge in [0.1, 0.15) is 5.54 Å². The molecular formula is C16H33N3O2. The number of likely N-dealkylation sites (N-methyl/N-ethyl adjacent to an activating group) is 2. The summed E-state index contributed by atoms with van der Waals surface area (Å²) in [5.74, 6) is -0.170. The maximum atomic E-state index is 12.1. The van der Waals surface area contributed by atoms with E-state index in [4.69, 9.17) is 4.74 Å². The lowest BCUT2D eigenvalue weighted by molar-refractivity contribution is -0.149. The van der Waals surface area contributed by atoms with Gasteiger partial charge in [-0.15, -0.1) is 0 Å². The van der Waals surface area contributed by atoms with Crippen LogP contribution in [0.15, 0.2) is 0 Å². The molecule has 5 heteroatoms. The number of hydrogen-bond acceptors (Lipinski definition) is 5. The van der Waals surface area contributed by atoms with Gasteiger partial charge in [-0.1, -0.05) is 13.8 Å². The van der Waals surface area contributed by atoms with Crippen molar-refractivity contribution in [1.29, 1.82) is 0 Å². The molecule has 0 aromatic carbocycles. The third-order valence-electron chi connectivity index (χ3n) is 4.73. The third kappa shape index (κ3) is 4.66. The predicted octanol–water partition coefficient (Wildman–Crippen LogP) is 1.33. The summed E-state index contributed by atoms with van der Waals surface area (Å²) in [6.07, 6.45) is 0.770. The summed E-state index contributed by atoms with van der Waals surface area (Å²) in [7, 11) is 1.46. The quantitative estimate of drug-likeness (QED) is 0.719. The van der Waals surface area contributed by atoms with Crippen LogP contribution in [-0.2, 0) is 9.53 Å². The molecule has 1 rings (SSSR count). The van der Waals surface area contributed by atoms with E-state index in [1.54, 1.807) is 0 Å². The van der Waals surface area contributed by atoms with Gasteiger partial charge in [-0.25, -0.2) is 0 Å². The van der Waals surface area contributed by atoms with E-state index in [0.717, 1.165) is 39.1 Å². The number of ether oxygens (including phenoxy) is 1. The minimum Gasteiger partial charge on any atom is -0.468 e. The molecule has 3 unspecified atom stereocenters. The number of carbonyl (C=O) groups is 1. The Balaban J connectivity index is 2.66. The monoisotopic (exact) mass is 299 g/mol. The number of nitrogens with one attached hydrogen (secondary N) is 1. The molecule has 1 heterocycles. The van der Waals surface area contributed by atoms with E-state index in [1.807, 2.05) is 13.8 Å². The summed E-state index contributed by atoms with van der Waals surface area (Å²) in [5, 5.41) is 3.30. The van der Waals surface area contributed by atoms with Gasteiger partial charge in [0.05, 0.1) is 7.11 Å². The van der Waals surface area contributed by atoms with E-state index < -0.39 is 5.54 Å². The molecule has 0 saturated carbocycles. The molecule has 0 aromatic rings. The largest absolute Gasteiger partial charge is 0.468 e. The minimum atomic E-state index is -0.603.